The molecule has 174 valence electrons. The summed E-state index contributed by atoms with van der Waals surface area (Å²) in [4.78, 5) is 13.4. The molecule has 3 rings (SSSR count). The third kappa shape index (κ3) is 5.13. The summed E-state index contributed by atoms with van der Waals surface area (Å²) >= 11 is 0. The first-order valence-electron chi connectivity index (χ1n) is 9.92. The smallest absolute Gasteiger partial charge is 0.283 e. The standard InChI is InChI=1S/C22H25F3N2O4S/c1-21(2,29)20(28)27-13-22(24,25)19(26-32(3,30)31)17(27)12-15-10-7-11-16(18(15)23)14-8-5-4-6-9-14/h4-11,17,19,26,29H,12-13H2,1-3H3/t17-,19+/m0/s1. The van der Waals surface area contributed by atoms with Crippen molar-refractivity contribution in [2.24, 2.45) is 0 Å². The lowest BCUT2D eigenvalue weighted by Gasteiger charge is -2.31. The molecule has 1 aliphatic heterocycles. The lowest BCUT2D eigenvalue weighted by atomic mass is 9.95. The number of halogens is 3. The fraction of sp³-hybridized carbons (Fsp3) is 0.409. The quantitative estimate of drug-likeness (QED) is 0.680. The van der Waals surface area contributed by atoms with Crippen LogP contribution in [0.4, 0.5) is 13.2 Å². The molecule has 10 heteroatoms. The molecular weight excluding hydrogens is 445 g/mol. The molecule has 0 aromatic heterocycles. The third-order valence-electron chi connectivity index (χ3n) is 5.34. The fourth-order valence-electron chi connectivity index (χ4n) is 3.90. The second-order valence-corrected chi connectivity index (χ2v) is 10.3. The van der Waals surface area contributed by atoms with Crippen LogP contribution in [0.1, 0.15) is 19.4 Å². The van der Waals surface area contributed by atoms with Crippen LogP contribution in [0.3, 0.4) is 0 Å². The molecule has 6 nitrogen and oxygen atoms in total. The van der Waals surface area contributed by atoms with E-state index in [-0.39, 0.29) is 17.5 Å². The van der Waals surface area contributed by atoms with Gasteiger partial charge in [-0.1, -0.05) is 48.5 Å². The minimum Gasteiger partial charge on any atom is -0.381 e. The number of benzene rings is 2. The van der Waals surface area contributed by atoms with E-state index in [1.165, 1.54) is 6.07 Å². The number of alkyl halides is 2. The van der Waals surface area contributed by atoms with Gasteiger partial charge in [-0.05, 0) is 31.4 Å². The van der Waals surface area contributed by atoms with E-state index < -0.39 is 51.9 Å². The van der Waals surface area contributed by atoms with Crippen molar-refractivity contribution in [1.29, 1.82) is 0 Å². The Hall–Kier alpha value is -2.43. The van der Waals surface area contributed by atoms with E-state index in [9.17, 15) is 27.1 Å². The summed E-state index contributed by atoms with van der Waals surface area (Å²) in [7, 11) is -4.07. The minimum atomic E-state index is -4.07. The van der Waals surface area contributed by atoms with Gasteiger partial charge in [-0.2, -0.15) is 0 Å². The average Bonchev–Trinajstić information content (AvgIpc) is 2.92. The van der Waals surface area contributed by atoms with Crippen LogP contribution in [-0.4, -0.2) is 60.7 Å². The van der Waals surface area contributed by atoms with Gasteiger partial charge in [-0.15, -0.1) is 0 Å². The van der Waals surface area contributed by atoms with Gasteiger partial charge in [-0.25, -0.2) is 26.3 Å². The predicted molar refractivity (Wildman–Crippen MR) is 114 cm³/mol. The highest BCUT2D eigenvalue weighted by atomic mass is 32.2. The van der Waals surface area contributed by atoms with E-state index in [0.29, 0.717) is 5.56 Å². The highest BCUT2D eigenvalue weighted by Gasteiger charge is 2.58. The normalized spacial score (nSPS) is 21.0. The molecule has 0 saturated carbocycles. The highest BCUT2D eigenvalue weighted by Crippen LogP contribution is 2.37. The van der Waals surface area contributed by atoms with Crippen molar-refractivity contribution in [2.75, 3.05) is 12.8 Å². The van der Waals surface area contributed by atoms with Gasteiger partial charge in [0.05, 0.1) is 18.8 Å². The van der Waals surface area contributed by atoms with E-state index in [1.54, 1.807) is 42.5 Å². The summed E-state index contributed by atoms with van der Waals surface area (Å²) in [5.41, 5.74) is -1.10. The largest absolute Gasteiger partial charge is 0.381 e. The van der Waals surface area contributed by atoms with Crippen LogP contribution in [0.2, 0.25) is 0 Å². The van der Waals surface area contributed by atoms with Crippen molar-refractivity contribution in [3.8, 4) is 11.1 Å². The number of hydrogen-bond acceptors (Lipinski definition) is 4. The monoisotopic (exact) mass is 470 g/mol. The van der Waals surface area contributed by atoms with Crippen LogP contribution in [0, 0.1) is 5.82 Å². The van der Waals surface area contributed by atoms with Crippen LogP contribution in [0.25, 0.3) is 11.1 Å². The molecule has 2 atom stereocenters. The number of amides is 1. The molecule has 1 fully saturated rings. The molecule has 32 heavy (non-hydrogen) atoms. The second kappa shape index (κ2) is 8.49. The molecule has 0 spiro atoms. The van der Waals surface area contributed by atoms with Crippen LogP contribution in [0.5, 0.6) is 0 Å². The number of carbonyl (C=O) groups excluding carboxylic acids is 1. The molecule has 2 N–H and O–H groups in total. The molecule has 0 aliphatic carbocycles. The minimum absolute atomic E-state index is 0.0444. The number of carbonyl (C=O) groups is 1. The maximum absolute atomic E-state index is 15.4. The van der Waals surface area contributed by atoms with Crippen LogP contribution in [-0.2, 0) is 21.2 Å². The number of nitrogens with one attached hydrogen (secondary N) is 1. The van der Waals surface area contributed by atoms with Gasteiger partial charge < -0.3 is 10.0 Å². The zero-order valence-corrected chi connectivity index (χ0v) is 18.7. The number of hydrogen-bond donors (Lipinski definition) is 2. The van der Waals surface area contributed by atoms with E-state index in [2.05, 4.69) is 0 Å². The number of sulfonamides is 1. The van der Waals surface area contributed by atoms with Gasteiger partial charge in [-0.3, -0.25) is 4.79 Å². The number of nitrogens with zero attached hydrogens (tertiary/aromatic N) is 1. The Morgan fingerprint density at radius 2 is 1.81 bits per heavy atom. The fourth-order valence-corrected chi connectivity index (χ4v) is 4.70. The molecule has 1 amide bonds. The molecule has 0 unspecified atom stereocenters. The first-order valence-corrected chi connectivity index (χ1v) is 11.8. The molecule has 2 aromatic rings. The highest BCUT2D eigenvalue weighted by molar-refractivity contribution is 7.88. The Balaban J connectivity index is 2.05. The van der Waals surface area contributed by atoms with Gasteiger partial charge in [0.15, 0.2) is 0 Å². The zero-order chi connectivity index (χ0) is 23.9. The molecular formula is C22H25F3N2O4S. The number of likely N-dealkylation sites (tertiary alicyclic amines) is 1. The summed E-state index contributed by atoms with van der Waals surface area (Å²) in [6, 6.07) is 9.74. The number of aliphatic hydroxyl groups is 1. The van der Waals surface area contributed by atoms with Crippen molar-refractivity contribution in [2.45, 2.75) is 43.9 Å². The van der Waals surface area contributed by atoms with Crippen molar-refractivity contribution in [1.82, 2.24) is 9.62 Å². The molecule has 0 bridgehead atoms. The zero-order valence-electron chi connectivity index (χ0n) is 17.8. The topological polar surface area (TPSA) is 86.7 Å². The lowest BCUT2D eigenvalue weighted by Crippen LogP contribution is -2.54. The van der Waals surface area contributed by atoms with Crippen LogP contribution < -0.4 is 4.72 Å². The summed E-state index contributed by atoms with van der Waals surface area (Å²) in [5.74, 6) is -5.27. The Morgan fingerprint density at radius 3 is 2.38 bits per heavy atom. The van der Waals surface area contributed by atoms with Gasteiger partial charge in [0.2, 0.25) is 10.0 Å². The first-order chi connectivity index (χ1) is 14.7. The Morgan fingerprint density at radius 1 is 1.19 bits per heavy atom. The summed E-state index contributed by atoms with van der Waals surface area (Å²) in [6.07, 6.45) is 0.355. The maximum atomic E-state index is 15.4. The summed E-state index contributed by atoms with van der Waals surface area (Å²) in [5, 5.41) is 10.1. The number of rotatable bonds is 6. The van der Waals surface area contributed by atoms with Crippen molar-refractivity contribution in [3.05, 3.63) is 59.9 Å². The summed E-state index contributed by atoms with van der Waals surface area (Å²) in [6.45, 7) is 1.20. The third-order valence-corrected chi connectivity index (χ3v) is 6.02. The van der Waals surface area contributed by atoms with E-state index in [1.807, 2.05) is 4.72 Å². The van der Waals surface area contributed by atoms with Crippen molar-refractivity contribution in [3.63, 3.8) is 0 Å². The first kappa shape index (κ1) is 24.2. The Kier molecular flexibility index (Phi) is 6.43. The molecule has 1 aliphatic rings. The Bertz CT molecular complexity index is 1100. The van der Waals surface area contributed by atoms with Crippen LogP contribution >= 0.6 is 0 Å². The SMILES string of the molecule is CC(C)(O)C(=O)N1CC(F)(F)[C@H](NS(C)(=O)=O)[C@@H]1Cc1cccc(-c2ccccc2)c1F. The molecule has 1 saturated heterocycles. The molecule has 2 aromatic carbocycles. The average molecular weight is 471 g/mol. The van der Waals surface area contributed by atoms with Crippen molar-refractivity contribution >= 4 is 15.9 Å². The van der Waals surface area contributed by atoms with Crippen LogP contribution in [0.15, 0.2) is 48.5 Å². The lowest BCUT2D eigenvalue weighted by molar-refractivity contribution is -0.149. The van der Waals surface area contributed by atoms with Gasteiger partial charge >= 0.3 is 0 Å². The van der Waals surface area contributed by atoms with E-state index in [4.69, 9.17) is 0 Å². The van der Waals surface area contributed by atoms with Gasteiger partial charge in [0.1, 0.15) is 17.5 Å². The van der Waals surface area contributed by atoms with E-state index >= 15 is 4.39 Å². The van der Waals surface area contributed by atoms with Gasteiger partial charge in [0.25, 0.3) is 11.8 Å². The molecule has 0 radical (unpaired) electrons. The van der Waals surface area contributed by atoms with Crippen molar-refractivity contribution < 1.29 is 31.5 Å². The maximum Gasteiger partial charge on any atom is 0.283 e. The Labute approximate surface area is 185 Å². The second-order valence-electron chi connectivity index (χ2n) is 8.54. The summed E-state index contributed by atoms with van der Waals surface area (Å²) < 4.78 is 70.5. The molecule has 1 heterocycles. The van der Waals surface area contributed by atoms with E-state index in [0.717, 1.165) is 25.0 Å². The predicted octanol–water partition coefficient (Wildman–Crippen LogP) is 2.57. The van der Waals surface area contributed by atoms with Gasteiger partial charge in [0, 0.05) is 5.56 Å².